The van der Waals surface area contributed by atoms with E-state index in [1.54, 1.807) is 65.0 Å². The number of amides is 8. The minimum atomic E-state index is -0.490. The van der Waals surface area contributed by atoms with E-state index in [1.807, 2.05) is 177 Å². The second-order valence-corrected chi connectivity index (χ2v) is 27.9. The topological polar surface area (TPSA) is 286 Å². The molecule has 23 heteroatoms. The van der Waals surface area contributed by atoms with Gasteiger partial charge < -0.3 is 15.0 Å². The van der Waals surface area contributed by atoms with Crippen LogP contribution in [0.2, 0.25) is 10.3 Å². The van der Waals surface area contributed by atoms with Crippen molar-refractivity contribution in [3.63, 3.8) is 0 Å². The minimum absolute atomic E-state index is 0. The Labute approximate surface area is 617 Å². The van der Waals surface area contributed by atoms with Crippen molar-refractivity contribution in [1.29, 1.82) is 0 Å². The van der Waals surface area contributed by atoms with Gasteiger partial charge in [-0.2, -0.15) is 5.01 Å². The highest BCUT2D eigenvalue weighted by Gasteiger charge is 2.42. The largest absolute Gasteiger partial charge is 0.386 e. The van der Waals surface area contributed by atoms with Gasteiger partial charge >= 0.3 is 11.9 Å². The van der Waals surface area contributed by atoms with Crippen molar-refractivity contribution in [3.8, 4) is 0 Å². The Morgan fingerprint density at radius 3 is 1.28 bits per heavy atom. The van der Waals surface area contributed by atoms with Crippen LogP contribution in [0.25, 0.3) is 0 Å². The number of benzene rings is 3. The first-order chi connectivity index (χ1) is 47.8. The number of cyclic esters (lactones) is 2. The van der Waals surface area contributed by atoms with Crippen molar-refractivity contribution in [2.45, 2.75) is 172 Å². The molecule has 2 aromatic heterocycles. The van der Waals surface area contributed by atoms with Crippen LogP contribution < -0.4 is 31.4 Å². The van der Waals surface area contributed by atoms with Gasteiger partial charge in [0.15, 0.2) is 0 Å². The van der Waals surface area contributed by atoms with Crippen molar-refractivity contribution >= 4 is 117 Å². The standard InChI is InChI=1S/2C16H19NO2.C15H18ClN3O2.C12H11NO2.C9H12O3.C6H8ClN3.C5H10O.CH4/c2*1-10(2)9-14-12(4)15(18)17(16(14)19)13-7-5-11(3)6-8-13;1-8(2)7-11-10(4)14(20)19(15(11)21)18-12-6-5-9(3)13(16)17-12;1-8-3-5-10(6-4-8)13-11(14)7-9(2)12(13)15;1-5(2)4-7-6(3)8(10)12-9(7)11;1-4-2-3-5(10-8)9-6(4)7;1-5(2)3-4-6;/h5-8,10H,9H2,1-4H3;5-10,12H,1-4H3;5-6,8H,7H2,1-4H3,(H,17,18);3-7H,1-2H3;5H,4H2,1-3H3;2-3H,8H2,1H3,(H,9,10);4-5H,3H2,1-2H3;1H4/b;14-9+;;;;;;. The second kappa shape index (κ2) is 40.1. The first-order valence-corrected chi connectivity index (χ1v) is 34.5. The number of aromatic nitrogens is 2. The number of aldehydes is 1. The first kappa shape index (κ1) is 87.4. The van der Waals surface area contributed by atoms with E-state index in [9.17, 15) is 52.7 Å². The highest BCUT2D eigenvalue weighted by atomic mass is 35.5. The molecule has 5 aliphatic rings. The number of hydrogen-bond donors (Lipinski definition) is 3. The maximum absolute atomic E-state index is 12.4. The van der Waals surface area contributed by atoms with Crippen LogP contribution in [0.1, 0.15) is 165 Å². The fourth-order valence-corrected chi connectivity index (χ4v) is 10.4. The molecule has 1 unspecified atom stereocenters. The van der Waals surface area contributed by atoms with Gasteiger partial charge in [-0.05, 0) is 178 Å². The number of aryl methyl sites for hydroxylation is 5. The smallest absolute Gasteiger partial charge is 0.342 e. The summed E-state index contributed by atoms with van der Waals surface area (Å²) in [5, 5.41) is 1.82. The monoisotopic (exact) mass is 1450 g/mol. The van der Waals surface area contributed by atoms with Crippen LogP contribution in [-0.2, 0) is 57.5 Å². The molecule has 103 heavy (non-hydrogen) atoms. The number of nitrogens with one attached hydrogen (secondary N) is 2. The fourth-order valence-electron chi connectivity index (χ4n) is 10.1. The van der Waals surface area contributed by atoms with Gasteiger partial charge in [-0.25, -0.2) is 40.1 Å². The number of nitrogens with zero attached hydrogens (tertiary/aromatic N) is 6. The molecule has 0 saturated carbocycles. The number of ether oxygens (including phenoxy) is 1. The van der Waals surface area contributed by atoms with Gasteiger partial charge in [0.1, 0.15) is 28.2 Å². The first-order valence-electron chi connectivity index (χ1n) is 33.7. The van der Waals surface area contributed by atoms with Gasteiger partial charge in [0, 0.05) is 57.1 Å². The number of halogens is 2. The summed E-state index contributed by atoms with van der Waals surface area (Å²) in [6.45, 7) is 38.3. The molecule has 0 radical (unpaired) electrons. The molecule has 1 saturated heterocycles. The summed E-state index contributed by atoms with van der Waals surface area (Å²) in [4.78, 5) is 140. The Morgan fingerprint density at radius 1 is 0.485 bits per heavy atom. The normalized spacial score (nSPS) is 15.9. The lowest BCUT2D eigenvalue weighted by molar-refractivity contribution is -0.151. The number of esters is 2. The van der Waals surface area contributed by atoms with Crippen LogP contribution >= 0.6 is 23.2 Å². The number of hydrogen-bond acceptors (Lipinski definition) is 17. The maximum Gasteiger partial charge on any atom is 0.342 e. The SMILES string of the molecule is C.CC(C)CC=O.CC1=C(CC(C)C)C(=O)N(Nc2ccc(C)c(Cl)n2)C1=O.CC1=C(CC(C)C)C(=O)N(c2ccc(C)cc2)C1=O.CC1=C(CC(C)C)C(=O)OC1=O.CC1=CC(=O)N(c2ccc(C)cc2)C1=O.Cc1ccc(N2C(=O)/C(=C/C(C)C)C(C)C2=O)cc1.Cc1ccc(NN)nc1Cl. The van der Waals surface area contributed by atoms with E-state index in [0.29, 0.717) is 133 Å². The lowest BCUT2D eigenvalue weighted by Crippen LogP contribution is -2.37. The van der Waals surface area contributed by atoms with Crippen LogP contribution in [0.5, 0.6) is 0 Å². The number of allylic oxidation sites excluding steroid dienone is 1. The molecule has 8 amide bonds. The molecule has 4 N–H and O–H groups in total. The zero-order chi connectivity index (χ0) is 76.9. The van der Waals surface area contributed by atoms with E-state index >= 15 is 0 Å². The quantitative estimate of drug-likeness (QED) is 0.0128. The predicted octanol–water partition coefficient (Wildman–Crippen LogP) is 15.9. The Morgan fingerprint density at radius 2 is 0.903 bits per heavy atom. The molecule has 5 aromatic rings. The Kier molecular flexibility index (Phi) is 34.0. The van der Waals surface area contributed by atoms with Crippen LogP contribution in [0.15, 0.2) is 154 Å². The Hall–Kier alpha value is -9.83. The highest BCUT2D eigenvalue weighted by molar-refractivity contribution is 6.33. The molecule has 5 aliphatic heterocycles. The molecule has 1 fully saturated rings. The van der Waals surface area contributed by atoms with Gasteiger partial charge in [0.25, 0.3) is 41.4 Å². The van der Waals surface area contributed by atoms with Crippen LogP contribution in [0.3, 0.4) is 0 Å². The number of nitrogens with two attached hydrogens (primary N) is 1. The zero-order valence-electron chi connectivity index (χ0n) is 62.2. The molecule has 7 heterocycles. The van der Waals surface area contributed by atoms with Crippen molar-refractivity contribution in [3.05, 3.63) is 192 Å². The van der Waals surface area contributed by atoms with Crippen molar-refractivity contribution in [1.82, 2.24) is 15.0 Å². The van der Waals surface area contributed by atoms with E-state index in [-0.39, 0.29) is 66.5 Å². The lowest BCUT2D eigenvalue weighted by Gasteiger charge is -2.17. The van der Waals surface area contributed by atoms with E-state index in [2.05, 4.69) is 25.6 Å². The molecule has 552 valence electrons. The van der Waals surface area contributed by atoms with Crippen LogP contribution in [0, 0.1) is 70.1 Å². The van der Waals surface area contributed by atoms with Crippen LogP contribution in [0.4, 0.5) is 28.7 Å². The predicted molar refractivity (Wildman–Crippen MR) is 408 cm³/mol. The molecule has 0 bridgehead atoms. The average Bonchev–Trinajstić information content (AvgIpc) is 1.65. The van der Waals surface area contributed by atoms with Crippen molar-refractivity contribution < 1.29 is 57.5 Å². The van der Waals surface area contributed by atoms with Gasteiger partial charge in [0.2, 0.25) is 5.91 Å². The summed E-state index contributed by atoms with van der Waals surface area (Å²) in [6, 6.07) is 29.3. The van der Waals surface area contributed by atoms with E-state index in [4.69, 9.17) is 29.0 Å². The molecule has 1 atom stereocenters. The van der Waals surface area contributed by atoms with E-state index in [1.165, 1.54) is 20.8 Å². The van der Waals surface area contributed by atoms with Crippen molar-refractivity contribution in [2.24, 2.45) is 41.4 Å². The molecule has 0 spiro atoms. The van der Waals surface area contributed by atoms with Crippen molar-refractivity contribution in [2.75, 3.05) is 25.6 Å². The fraction of sp³-hybridized carbons (Fsp3) is 0.388. The Balaban J connectivity index is 0.000000320. The summed E-state index contributed by atoms with van der Waals surface area (Å²) < 4.78 is 4.44. The van der Waals surface area contributed by atoms with Gasteiger partial charge in [-0.3, -0.25) is 43.8 Å². The molecule has 0 aliphatic carbocycles. The minimum Gasteiger partial charge on any atom is -0.386 e. The molecule has 10 rings (SSSR count). The summed E-state index contributed by atoms with van der Waals surface area (Å²) in [5.74, 6) is 4.73. The number of anilines is 5. The second-order valence-electron chi connectivity index (χ2n) is 27.2. The third-order valence-corrected chi connectivity index (χ3v) is 16.7. The zero-order valence-corrected chi connectivity index (χ0v) is 63.7. The highest BCUT2D eigenvalue weighted by Crippen LogP contribution is 2.34. The van der Waals surface area contributed by atoms with Gasteiger partial charge in [-0.15, -0.1) is 0 Å². The van der Waals surface area contributed by atoms with Gasteiger partial charge in [0.05, 0.1) is 23.0 Å². The number of pyridine rings is 2. The molecular formula is C80H101Cl2N9O12. The molecule has 3 aromatic carbocycles. The number of carbonyl (C=O) groups is 11. The Bertz CT molecular complexity index is 4130. The summed E-state index contributed by atoms with van der Waals surface area (Å²) in [5.41, 5.74) is 16.5. The third kappa shape index (κ3) is 24.4. The van der Waals surface area contributed by atoms with E-state index in [0.717, 1.165) is 39.1 Å². The molecular weight excluding hydrogens is 1350 g/mol. The maximum atomic E-state index is 12.4. The number of rotatable bonds is 15. The summed E-state index contributed by atoms with van der Waals surface area (Å²) >= 11 is 11.6. The van der Waals surface area contributed by atoms with E-state index < -0.39 is 11.9 Å². The number of nitrogen functional groups attached to an aromatic ring is 1. The lowest BCUT2D eigenvalue weighted by atomic mass is 10.0. The number of hydrazine groups is 2. The third-order valence-electron chi connectivity index (χ3n) is 15.9. The van der Waals surface area contributed by atoms with Crippen LogP contribution in [-0.4, -0.2) is 80.5 Å². The summed E-state index contributed by atoms with van der Waals surface area (Å²) in [7, 11) is 0. The number of imide groups is 4. The summed E-state index contributed by atoms with van der Waals surface area (Å²) in [6.07, 6.45) is 6.75. The molecule has 21 nitrogen and oxygen atoms in total. The number of carbonyl (C=O) groups excluding carboxylic acids is 11. The average molecular weight is 1450 g/mol. The van der Waals surface area contributed by atoms with Gasteiger partial charge in [-0.1, -0.05) is 171 Å².